The fraction of sp³-hybridized carbons (Fsp3) is 1.00. The molecule has 0 saturated carbocycles. The molecular weight excluding hydrogens is 176 g/mol. The van der Waals surface area contributed by atoms with E-state index < -0.39 is 0 Å². The molecule has 0 heterocycles. The Bertz CT molecular complexity index is 47.3. The van der Waals surface area contributed by atoms with Crippen LogP contribution in [0.25, 0.3) is 0 Å². The van der Waals surface area contributed by atoms with Crippen LogP contribution in [0, 0.1) is 5.41 Å². The summed E-state index contributed by atoms with van der Waals surface area (Å²) in [5, 5.41) is 0. The third-order valence-electron chi connectivity index (χ3n) is 2.56. The van der Waals surface area contributed by atoms with Crippen LogP contribution < -0.4 is 0 Å². The van der Waals surface area contributed by atoms with Crippen LogP contribution in [-0.2, 0) is 0 Å². The van der Waals surface area contributed by atoms with Crippen LogP contribution >= 0.6 is 17.0 Å². The quantitative estimate of drug-likeness (QED) is 0.642. The Kier molecular flexibility index (Phi) is 7.15. The Hall–Kier alpha value is 0.480. The number of hydrogen-bond acceptors (Lipinski definition) is 0. The van der Waals surface area contributed by atoms with E-state index in [0.717, 1.165) is 0 Å². The molecule has 58 valence electrons. The molecule has 0 nitrogen and oxygen atoms in total. The van der Waals surface area contributed by atoms with Crippen LogP contribution in [0.4, 0.5) is 0 Å². The molecule has 0 aliphatic heterocycles. The van der Waals surface area contributed by atoms with Gasteiger partial charge in [0, 0.05) is 0 Å². The summed E-state index contributed by atoms with van der Waals surface area (Å²) in [4.78, 5) is 0. The van der Waals surface area contributed by atoms with Crippen molar-refractivity contribution in [3.05, 3.63) is 0 Å². The first-order chi connectivity index (χ1) is 3.68. The first kappa shape index (κ1) is 12.2. The summed E-state index contributed by atoms with van der Waals surface area (Å²) >= 11 is 0. The smallest absolute Gasteiger partial charge is 0.0334 e. The van der Waals surface area contributed by atoms with Crippen molar-refractivity contribution < 1.29 is 0 Å². The average Bonchev–Trinajstić information content (AvgIpc) is 1.87. The van der Waals surface area contributed by atoms with Crippen molar-refractivity contribution in [2.75, 3.05) is 0 Å². The van der Waals surface area contributed by atoms with Crippen LogP contribution in [0.2, 0.25) is 0 Å². The topological polar surface area (TPSA) is 0 Å². The molecule has 0 aromatic rings. The largest absolute Gasteiger partial charge is 0.114 e. The third kappa shape index (κ3) is 3.96. The zero-order valence-corrected chi connectivity index (χ0v) is 8.74. The third-order valence-corrected chi connectivity index (χ3v) is 2.56. The molecule has 0 spiro atoms. The van der Waals surface area contributed by atoms with E-state index in [2.05, 4.69) is 27.7 Å². The van der Waals surface area contributed by atoms with Gasteiger partial charge in [-0.2, -0.15) is 0 Å². The van der Waals surface area contributed by atoms with Gasteiger partial charge < -0.3 is 0 Å². The SMILES string of the molecule is Br.CCC(C)(CC)CC. The van der Waals surface area contributed by atoms with Gasteiger partial charge in [-0.25, -0.2) is 0 Å². The minimum atomic E-state index is 0. The molecule has 0 aliphatic rings. The summed E-state index contributed by atoms with van der Waals surface area (Å²) in [7, 11) is 0. The zero-order chi connectivity index (χ0) is 6.62. The second kappa shape index (κ2) is 5.28. The van der Waals surface area contributed by atoms with E-state index in [-0.39, 0.29) is 17.0 Å². The molecule has 0 N–H and O–H groups in total. The van der Waals surface area contributed by atoms with Gasteiger partial charge in [-0.15, -0.1) is 17.0 Å². The molecule has 0 bridgehead atoms. The molecule has 0 saturated heterocycles. The number of hydrogen-bond donors (Lipinski definition) is 0. The minimum absolute atomic E-state index is 0. The first-order valence-electron chi connectivity index (χ1n) is 3.68. The fourth-order valence-electron chi connectivity index (χ4n) is 0.750. The van der Waals surface area contributed by atoms with E-state index in [1.165, 1.54) is 19.3 Å². The first-order valence-corrected chi connectivity index (χ1v) is 3.68. The molecule has 0 rings (SSSR count). The van der Waals surface area contributed by atoms with Crippen molar-refractivity contribution in [3.8, 4) is 0 Å². The molecule has 0 amide bonds. The molecule has 0 radical (unpaired) electrons. The standard InChI is InChI=1S/C8H18.BrH/c1-5-8(4,6-2)7-3;/h5-7H2,1-4H3;1H. The van der Waals surface area contributed by atoms with Crippen molar-refractivity contribution in [1.82, 2.24) is 0 Å². The zero-order valence-electron chi connectivity index (χ0n) is 7.03. The van der Waals surface area contributed by atoms with Crippen molar-refractivity contribution in [2.24, 2.45) is 5.41 Å². The lowest BCUT2D eigenvalue weighted by Gasteiger charge is -2.23. The highest BCUT2D eigenvalue weighted by Crippen LogP contribution is 2.28. The van der Waals surface area contributed by atoms with Crippen LogP contribution in [0.15, 0.2) is 0 Å². The average molecular weight is 195 g/mol. The second-order valence-corrected chi connectivity index (χ2v) is 2.87. The van der Waals surface area contributed by atoms with Gasteiger partial charge in [0.1, 0.15) is 0 Å². The Morgan fingerprint density at radius 3 is 1.11 bits per heavy atom. The van der Waals surface area contributed by atoms with Gasteiger partial charge in [0.25, 0.3) is 0 Å². The maximum atomic E-state index is 2.35. The van der Waals surface area contributed by atoms with Crippen molar-refractivity contribution in [2.45, 2.75) is 47.0 Å². The summed E-state index contributed by atoms with van der Waals surface area (Å²) in [6, 6.07) is 0. The lowest BCUT2D eigenvalue weighted by Crippen LogP contribution is -2.10. The molecular formula is C8H19Br. The van der Waals surface area contributed by atoms with Gasteiger partial charge in [0.2, 0.25) is 0 Å². The highest BCUT2D eigenvalue weighted by molar-refractivity contribution is 8.93. The van der Waals surface area contributed by atoms with Gasteiger partial charge in [0.05, 0.1) is 0 Å². The number of rotatable bonds is 3. The molecule has 0 fully saturated rings. The molecule has 0 atom stereocenters. The summed E-state index contributed by atoms with van der Waals surface area (Å²) in [6.07, 6.45) is 3.96. The van der Waals surface area contributed by atoms with E-state index in [9.17, 15) is 0 Å². The van der Waals surface area contributed by atoms with Gasteiger partial charge in [-0.05, 0) is 5.41 Å². The van der Waals surface area contributed by atoms with Crippen LogP contribution in [0.1, 0.15) is 47.0 Å². The predicted octanol–water partition coefficient (Wildman–Crippen LogP) is 3.80. The van der Waals surface area contributed by atoms with Crippen molar-refractivity contribution in [1.29, 1.82) is 0 Å². The van der Waals surface area contributed by atoms with Crippen LogP contribution in [-0.4, -0.2) is 0 Å². The van der Waals surface area contributed by atoms with Crippen LogP contribution in [0.5, 0.6) is 0 Å². The van der Waals surface area contributed by atoms with Crippen molar-refractivity contribution in [3.63, 3.8) is 0 Å². The van der Waals surface area contributed by atoms with Crippen LogP contribution in [0.3, 0.4) is 0 Å². The Labute approximate surface area is 69.8 Å². The number of halogens is 1. The summed E-state index contributed by atoms with van der Waals surface area (Å²) < 4.78 is 0. The van der Waals surface area contributed by atoms with Gasteiger partial charge in [-0.1, -0.05) is 47.0 Å². The maximum absolute atomic E-state index is 2.35. The molecule has 0 unspecified atom stereocenters. The van der Waals surface area contributed by atoms with Gasteiger partial charge in [0.15, 0.2) is 0 Å². The summed E-state index contributed by atoms with van der Waals surface area (Å²) in [6.45, 7) is 9.17. The predicted molar refractivity (Wildman–Crippen MR) is 49.3 cm³/mol. The maximum Gasteiger partial charge on any atom is -0.0334 e. The summed E-state index contributed by atoms with van der Waals surface area (Å²) in [5.41, 5.74) is 0.625. The highest BCUT2D eigenvalue weighted by Gasteiger charge is 2.15. The highest BCUT2D eigenvalue weighted by atomic mass is 79.9. The molecule has 0 aromatic carbocycles. The Morgan fingerprint density at radius 1 is 0.889 bits per heavy atom. The monoisotopic (exact) mass is 194 g/mol. The summed E-state index contributed by atoms with van der Waals surface area (Å²) in [5.74, 6) is 0. The second-order valence-electron chi connectivity index (χ2n) is 2.87. The van der Waals surface area contributed by atoms with E-state index in [1.807, 2.05) is 0 Å². The molecule has 9 heavy (non-hydrogen) atoms. The minimum Gasteiger partial charge on any atom is -0.114 e. The van der Waals surface area contributed by atoms with E-state index in [1.54, 1.807) is 0 Å². The molecule has 1 heteroatoms. The normalized spacial score (nSPS) is 10.7. The van der Waals surface area contributed by atoms with Gasteiger partial charge in [-0.3, -0.25) is 0 Å². The van der Waals surface area contributed by atoms with E-state index >= 15 is 0 Å². The van der Waals surface area contributed by atoms with Crippen molar-refractivity contribution >= 4 is 17.0 Å². The fourth-order valence-corrected chi connectivity index (χ4v) is 0.750. The van der Waals surface area contributed by atoms with E-state index in [4.69, 9.17) is 0 Å². The lowest BCUT2D eigenvalue weighted by atomic mass is 9.82. The molecule has 0 aliphatic carbocycles. The Balaban J connectivity index is 0. The lowest BCUT2D eigenvalue weighted by molar-refractivity contribution is 0.286. The molecule has 0 aromatic heterocycles. The van der Waals surface area contributed by atoms with E-state index in [0.29, 0.717) is 5.41 Å². The Morgan fingerprint density at radius 2 is 1.11 bits per heavy atom. The van der Waals surface area contributed by atoms with Gasteiger partial charge >= 0.3 is 0 Å².